The van der Waals surface area contributed by atoms with Crippen molar-refractivity contribution in [2.45, 2.75) is 39.8 Å². The fourth-order valence-corrected chi connectivity index (χ4v) is 1.64. The molecule has 6 heteroatoms. The molecule has 1 atom stereocenters. The number of aromatic nitrogens is 2. The van der Waals surface area contributed by atoms with E-state index >= 15 is 0 Å². The van der Waals surface area contributed by atoms with Gasteiger partial charge in [-0.3, -0.25) is 14.7 Å². The van der Waals surface area contributed by atoms with Crippen molar-refractivity contribution in [3.8, 4) is 0 Å². The van der Waals surface area contributed by atoms with Gasteiger partial charge in [0.2, 0.25) is 0 Å². The predicted molar refractivity (Wildman–Crippen MR) is 70.0 cm³/mol. The fraction of sp³-hybridized carbons (Fsp3) is 0.667. The van der Waals surface area contributed by atoms with E-state index in [0.717, 1.165) is 13.0 Å². The van der Waals surface area contributed by atoms with Crippen LogP contribution in [0.25, 0.3) is 0 Å². The minimum absolute atomic E-state index is 0.0892. The van der Waals surface area contributed by atoms with E-state index in [1.54, 1.807) is 13.8 Å². The van der Waals surface area contributed by atoms with E-state index in [-0.39, 0.29) is 17.7 Å². The minimum atomic E-state index is -0.702. The summed E-state index contributed by atoms with van der Waals surface area (Å²) in [5.74, 6) is 0. The Bertz CT molecular complexity index is 504. The largest absolute Gasteiger partial charge is 0.390 e. The van der Waals surface area contributed by atoms with Crippen molar-refractivity contribution < 1.29 is 5.11 Å². The smallest absolute Gasteiger partial charge is 0.268 e. The molecule has 0 spiro atoms. The second kappa shape index (κ2) is 6.51. The molecule has 0 aromatic carbocycles. The highest BCUT2D eigenvalue weighted by molar-refractivity contribution is 5.17. The zero-order chi connectivity index (χ0) is 13.7. The van der Waals surface area contributed by atoms with Crippen LogP contribution in [0, 0.1) is 13.8 Å². The summed E-state index contributed by atoms with van der Waals surface area (Å²) in [7, 11) is 0. The molecule has 102 valence electrons. The molecule has 0 saturated carbocycles. The van der Waals surface area contributed by atoms with Crippen LogP contribution in [0.15, 0.2) is 9.59 Å². The number of hydrogen-bond donors (Lipinski definition) is 3. The Morgan fingerprint density at radius 1 is 1.33 bits per heavy atom. The minimum Gasteiger partial charge on any atom is -0.390 e. The van der Waals surface area contributed by atoms with Gasteiger partial charge in [0.05, 0.1) is 12.6 Å². The molecule has 1 aromatic heterocycles. The lowest BCUT2D eigenvalue weighted by Crippen LogP contribution is -2.39. The number of hydrogen-bond acceptors (Lipinski definition) is 4. The summed E-state index contributed by atoms with van der Waals surface area (Å²) >= 11 is 0. The SMILES string of the molecule is CCCNCC(O)Cn1[nH]c(=O)c(C)c(C)c1=O. The Morgan fingerprint density at radius 2 is 2.00 bits per heavy atom. The first-order valence-corrected chi connectivity index (χ1v) is 6.16. The third-order valence-electron chi connectivity index (χ3n) is 2.91. The van der Waals surface area contributed by atoms with Crippen molar-refractivity contribution in [3.63, 3.8) is 0 Å². The molecule has 3 N–H and O–H groups in total. The van der Waals surface area contributed by atoms with Crippen LogP contribution in [-0.2, 0) is 6.54 Å². The van der Waals surface area contributed by atoms with Crippen molar-refractivity contribution in [1.82, 2.24) is 15.1 Å². The Hall–Kier alpha value is -1.40. The van der Waals surface area contributed by atoms with Crippen molar-refractivity contribution in [3.05, 3.63) is 31.8 Å². The van der Waals surface area contributed by atoms with Gasteiger partial charge in [0.1, 0.15) is 0 Å². The molecule has 1 aromatic rings. The highest BCUT2D eigenvalue weighted by Crippen LogP contribution is 1.92. The summed E-state index contributed by atoms with van der Waals surface area (Å²) < 4.78 is 1.17. The number of rotatable bonds is 6. The lowest BCUT2D eigenvalue weighted by Gasteiger charge is -2.14. The Labute approximate surface area is 106 Å². The zero-order valence-electron chi connectivity index (χ0n) is 11.1. The summed E-state index contributed by atoms with van der Waals surface area (Å²) in [6, 6.07) is 0. The molecule has 0 saturated heterocycles. The summed E-state index contributed by atoms with van der Waals surface area (Å²) in [6.07, 6.45) is 0.277. The van der Waals surface area contributed by atoms with E-state index in [2.05, 4.69) is 10.4 Å². The van der Waals surface area contributed by atoms with E-state index in [4.69, 9.17) is 0 Å². The molecule has 0 amide bonds. The maximum absolute atomic E-state index is 11.9. The van der Waals surface area contributed by atoms with E-state index in [0.29, 0.717) is 17.7 Å². The van der Waals surface area contributed by atoms with Crippen LogP contribution in [0.5, 0.6) is 0 Å². The molecule has 6 nitrogen and oxygen atoms in total. The third-order valence-corrected chi connectivity index (χ3v) is 2.91. The van der Waals surface area contributed by atoms with Crippen LogP contribution in [0.3, 0.4) is 0 Å². The zero-order valence-corrected chi connectivity index (χ0v) is 11.1. The first kappa shape index (κ1) is 14.7. The van der Waals surface area contributed by atoms with Crippen LogP contribution in [0.1, 0.15) is 24.5 Å². The molecule has 0 fully saturated rings. The van der Waals surface area contributed by atoms with Crippen LogP contribution in [0.2, 0.25) is 0 Å². The first-order chi connectivity index (χ1) is 8.47. The Morgan fingerprint density at radius 3 is 2.61 bits per heavy atom. The van der Waals surface area contributed by atoms with Crippen LogP contribution < -0.4 is 16.4 Å². The average Bonchev–Trinajstić information content (AvgIpc) is 2.33. The molecule has 0 aliphatic carbocycles. The molecule has 1 unspecified atom stereocenters. The maximum atomic E-state index is 11.9. The van der Waals surface area contributed by atoms with Gasteiger partial charge in [0, 0.05) is 17.7 Å². The van der Waals surface area contributed by atoms with E-state index in [1.807, 2.05) is 6.92 Å². The van der Waals surface area contributed by atoms with E-state index in [1.165, 1.54) is 4.68 Å². The topological polar surface area (TPSA) is 87.1 Å². The molecular weight excluding hydrogens is 234 g/mol. The lowest BCUT2D eigenvalue weighted by molar-refractivity contribution is 0.144. The number of nitrogens with one attached hydrogen (secondary N) is 2. The molecule has 0 aliphatic rings. The normalized spacial score (nSPS) is 12.7. The monoisotopic (exact) mass is 255 g/mol. The van der Waals surface area contributed by atoms with Gasteiger partial charge in [-0.15, -0.1) is 0 Å². The van der Waals surface area contributed by atoms with Gasteiger partial charge in [-0.25, -0.2) is 4.68 Å². The van der Waals surface area contributed by atoms with Crippen molar-refractivity contribution in [2.24, 2.45) is 0 Å². The molecule has 0 bridgehead atoms. The van der Waals surface area contributed by atoms with E-state index < -0.39 is 6.10 Å². The van der Waals surface area contributed by atoms with Crippen LogP contribution in [0.4, 0.5) is 0 Å². The van der Waals surface area contributed by atoms with Gasteiger partial charge in [-0.1, -0.05) is 6.92 Å². The maximum Gasteiger partial charge on any atom is 0.268 e. The number of aromatic amines is 1. The predicted octanol–water partition coefficient (Wildman–Crippen LogP) is -0.486. The number of aliphatic hydroxyl groups excluding tert-OH is 1. The van der Waals surface area contributed by atoms with Crippen molar-refractivity contribution in [1.29, 1.82) is 0 Å². The van der Waals surface area contributed by atoms with Crippen molar-refractivity contribution in [2.75, 3.05) is 13.1 Å². The molecule has 1 rings (SSSR count). The lowest BCUT2D eigenvalue weighted by atomic mass is 10.2. The standard InChI is InChI=1S/C12H21N3O3/c1-4-5-13-6-10(16)7-15-12(18)9(3)8(2)11(17)14-15/h10,13,16H,4-7H2,1-3H3,(H,14,17). The van der Waals surface area contributed by atoms with Crippen LogP contribution in [-0.4, -0.2) is 34.1 Å². The third kappa shape index (κ3) is 3.54. The van der Waals surface area contributed by atoms with Gasteiger partial charge < -0.3 is 10.4 Å². The highest BCUT2D eigenvalue weighted by atomic mass is 16.3. The summed E-state index contributed by atoms with van der Waals surface area (Å²) in [5.41, 5.74) is 0.296. The Kier molecular flexibility index (Phi) is 5.30. The molecule has 18 heavy (non-hydrogen) atoms. The molecular formula is C12H21N3O3. The number of aliphatic hydroxyl groups is 1. The second-order valence-corrected chi connectivity index (χ2v) is 4.46. The number of nitrogens with zero attached hydrogens (tertiary/aromatic N) is 1. The van der Waals surface area contributed by atoms with E-state index in [9.17, 15) is 14.7 Å². The molecule has 1 heterocycles. The van der Waals surface area contributed by atoms with Gasteiger partial charge in [0.15, 0.2) is 0 Å². The van der Waals surface area contributed by atoms with Gasteiger partial charge in [-0.05, 0) is 26.8 Å². The van der Waals surface area contributed by atoms with Gasteiger partial charge in [-0.2, -0.15) is 0 Å². The van der Waals surface area contributed by atoms with Gasteiger partial charge >= 0.3 is 0 Å². The second-order valence-electron chi connectivity index (χ2n) is 4.46. The average molecular weight is 255 g/mol. The van der Waals surface area contributed by atoms with Gasteiger partial charge in [0.25, 0.3) is 11.1 Å². The van der Waals surface area contributed by atoms with Crippen molar-refractivity contribution >= 4 is 0 Å². The number of H-pyrrole nitrogens is 1. The Balaban J connectivity index is 2.79. The fourth-order valence-electron chi connectivity index (χ4n) is 1.64. The quantitative estimate of drug-likeness (QED) is 0.599. The van der Waals surface area contributed by atoms with Crippen LogP contribution >= 0.6 is 0 Å². The highest BCUT2D eigenvalue weighted by Gasteiger charge is 2.10. The summed E-state index contributed by atoms with van der Waals surface area (Å²) in [5, 5.41) is 15.3. The summed E-state index contributed by atoms with van der Waals surface area (Å²) in [4.78, 5) is 23.4. The summed E-state index contributed by atoms with van der Waals surface area (Å²) in [6.45, 7) is 6.56. The first-order valence-electron chi connectivity index (χ1n) is 6.16. The molecule has 0 aliphatic heterocycles. The molecule has 0 radical (unpaired) electrons.